The highest BCUT2D eigenvalue weighted by molar-refractivity contribution is 5.71. The van der Waals surface area contributed by atoms with Crippen LogP contribution < -0.4 is 11.1 Å². The number of carbonyl (C=O) groups is 1. The summed E-state index contributed by atoms with van der Waals surface area (Å²) in [5.41, 5.74) is 5.30. The van der Waals surface area contributed by atoms with Crippen LogP contribution in [0.3, 0.4) is 0 Å². The Morgan fingerprint density at radius 2 is 0.889 bits per heavy atom. The smallest absolute Gasteiger partial charge is 0.312 e. The van der Waals surface area contributed by atoms with Gasteiger partial charge >= 0.3 is 6.03 Å². The van der Waals surface area contributed by atoms with Gasteiger partial charge in [-0.15, -0.1) is 0 Å². The number of nitrogens with one attached hydrogen (secondary N) is 1. The predicted molar refractivity (Wildman–Crippen MR) is 120 cm³/mol. The molecule has 0 aromatic heterocycles. The van der Waals surface area contributed by atoms with Crippen LogP contribution in [0.1, 0.15) is 142 Å². The van der Waals surface area contributed by atoms with Crippen LogP contribution in [0.5, 0.6) is 0 Å². The van der Waals surface area contributed by atoms with Crippen LogP contribution >= 0.6 is 0 Å². The number of amides is 2. The van der Waals surface area contributed by atoms with Crippen LogP contribution in [0.4, 0.5) is 4.79 Å². The van der Waals surface area contributed by atoms with Gasteiger partial charge in [-0.1, -0.05) is 129 Å². The molecule has 0 aromatic carbocycles. The van der Waals surface area contributed by atoms with Crippen molar-refractivity contribution >= 4 is 6.03 Å². The summed E-state index contributed by atoms with van der Waals surface area (Å²) in [5, 5.41) is 2.93. The second-order valence-corrected chi connectivity index (χ2v) is 8.44. The first-order valence-corrected chi connectivity index (χ1v) is 12.3. The molecule has 0 saturated carbocycles. The molecular weight excluding hydrogens is 332 g/mol. The minimum absolute atomic E-state index is 0.288. The molecule has 3 N–H and O–H groups in total. The third-order valence-corrected chi connectivity index (χ3v) is 5.66. The lowest BCUT2D eigenvalue weighted by Gasteiger charge is -2.17. The van der Waals surface area contributed by atoms with Crippen molar-refractivity contribution in [3.63, 3.8) is 0 Å². The first-order valence-electron chi connectivity index (χ1n) is 12.3. The molecule has 0 aromatic rings. The molecule has 0 bridgehead atoms. The highest BCUT2D eigenvalue weighted by Gasteiger charge is 2.09. The van der Waals surface area contributed by atoms with E-state index in [4.69, 9.17) is 5.73 Å². The highest BCUT2D eigenvalue weighted by Crippen LogP contribution is 2.15. The number of hydrogen-bond donors (Lipinski definition) is 2. The molecule has 0 saturated heterocycles. The van der Waals surface area contributed by atoms with E-state index < -0.39 is 0 Å². The fraction of sp³-hybridized carbons (Fsp3) is 0.958. The zero-order chi connectivity index (χ0) is 20.0. The number of primary amides is 1. The van der Waals surface area contributed by atoms with E-state index in [1.807, 2.05) is 0 Å². The molecule has 0 radical (unpaired) electrons. The van der Waals surface area contributed by atoms with Crippen molar-refractivity contribution in [3.05, 3.63) is 0 Å². The van der Waals surface area contributed by atoms with Crippen molar-refractivity contribution < 1.29 is 4.79 Å². The van der Waals surface area contributed by atoms with Gasteiger partial charge in [0, 0.05) is 6.04 Å². The molecule has 1 atom stereocenters. The Bertz CT molecular complexity index is 307. The molecule has 0 aliphatic rings. The molecule has 3 heteroatoms. The number of unbranched alkanes of at least 4 members (excludes halogenated alkanes) is 16. The average molecular weight is 383 g/mol. The van der Waals surface area contributed by atoms with E-state index in [-0.39, 0.29) is 12.1 Å². The summed E-state index contributed by atoms with van der Waals surface area (Å²) >= 11 is 0. The van der Waals surface area contributed by atoms with Crippen molar-refractivity contribution in [2.24, 2.45) is 5.73 Å². The van der Waals surface area contributed by atoms with Crippen LogP contribution in [-0.4, -0.2) is 12.1 Å². The normalized spacial score (nSPS) is 12.2. The SMILES string of the molecule is CCCCCCCCCCCCCCCCCC(CCCCC)NC(N)=O. The van der Waals surface area contributed by atoms with Crippen LogP contribution in [0.25, 0.3) is 0 Å². The van der Waals surface area contributed by atoms with Gasteiger partial charge in [0.15, 0.2) is 0 Å². The van der Waals surface area contributed by atoms with Crippen LogP contribution in [-0.2, 0) is 0 Å². The maximum Gasteiger partial charge on any atom is 0.312 e. The number of hydrogen-bond acceptors (Lipinski definition) is 1. The Morgan fingerprint density at radius 3 is 1.26 bits per heavy atom. The fourth-order valence-electron chi connectivity index (χ4n) is 3.89. The average Bonchev–Trinajstić information content (AvgIpc) is 2.64. The summed E-state index contributed by atoms with van der Waals surface area (Å²) in [6, 6.07) is -0.0755. The minimum Gasteiger partial charge on any atom is -0.352 e. The van der Waals surface area contributed by atoms with E-state index in [2.05, 4.69) is 19.2 Å². The highest BCUT2D eigenvalue weighted by atomic mass is 16.2. The molecule has 0 spiro atoms. The fourth-order valence-corrected chi connectivity index (χ4v) is 3.89. The maximum atomic E-state index is 11.1. The molecule has 0 rings (SSSR count). The van der Waals surface area contributed by atoms with Crippen molar-refractivity contribution in [3.8, 4) is 0 Å². The summed E-state index contributed by atoms with van der Waals surface area (Å²) in [4.78, 5) is 11.1. The largest absolute Gasteiger partial charge is 0.352 e. The van der Waals surface area contributed by atoms with E-state index in [1.165, 1.54) is 116 Å². The van der Waals surface area contributed by atoms with Crippen molar-refractivity contribution in [1.82, 2.24) is 5.32 Å². The molecule has 0 aliphatic heterocycles. The minimum atomic E-state index is -0.363. The summed E-state index contributed by atoms with van der Waals surface area (Å²) in [7, 11) is 0. The Balaban J connectivity index is 3.35. The van der Waals surface area contributed by atoms with Crippen molar-refractivity contribution in [2.45, 2.75) is 148 Å². The van der Waals surface area contributed by atoms with Gasteiger partial charge in [0.25, 0.3) is 0 Å². The summed E-state index contributed by atoms with van der Waals surface area (Å²) < 4.78 is 0. The lowest BCUT2D eigenvalue weighted by atomic mass is 10.0. The Labute approximate surface area is 170 Å². The monoisotopic (exact) mass is 382 g/mol. The van der Waals surface area contributed by atoms with Crippen LogP contribution in [0.15, 0.2) is 0 Å². The van der Waals surface area contributed by atoms with Crippen LogP contribution in [0.2, 0.25) is 0 Å². The predicted octanol–water partition coefficient (Wildman–Crippen LogP) is 7.87. The zero-order valence-corrected chi connectivity index (χ0v) is 18.7. The van der Waals surface area contributed by atoms with Gasteiger partial charge in [-0.05, 0) is 12.8 Å². The zero-order valence-electron chi connectivity index (χ0n) is 18.7. The molecule has 1 unspecified atom stereocenters. The molecule has 2 amide bonds. The number of carbonyl (C=O) groups excluding carboxylic acids is 1. The van der Waals surface area contributed by atoms with E-state index in [0.29, 0.717) is 0 Å². The van der Waals surface area contributed by atoms with Crippen LogP contribution in [0, 0.1) is 0 Å². The Kier molecular flexibility index (Phi) is 21.0. The van der Waals surface area contributed by atoms with E-state index >= 15 is 0 Å². The van der Waals surface area contributed by atoms with Gasteiger partial charge < -0.3 is 11.1 Å². The Hall–Kier alpha value is -0.730. The molecular formula is C24H50N2O. The second kappa shape index (κ2) is 21.6. The molecule has 0 heterocycles. The number of rotatable bonds is 21. The lowest BCUT2D eigenvalue weighted by molar-refractivity contribution is 0.243. The van der Waals surface area contributed by atoms with Gasteiger partial charge in [-0.2, -0.15) is 0 Å². The molecule has 3 nitrogen and oxygen atoms in total. The van der Waals surface area contributed by atoms with Gasteiger partial charge in [0.1, 0.15) is 0 Å². The lowest BCUT2D eigenvalue weighted by Crippen LogP contribution is -2.38. The summed E-state index contributed by atoms with van der Waals surface area (Å²) in [6.07, 6.45) is 26.7. The van der Waals surface area contributed by atoms with Crippen molar-refractivity contribution in [1.29, 1.82) is 0 Å². The van der Waals surface area contributed by atoms with E-state index in [1.54, 1.807) is 0 Å². The number of urea groups is 1. The summed E-state index contributed by atoms with van der Waals surface area (Å²) in [5.74, 6) is 0. The topological polar surface area (TPSA) is 55.1 Å². The van der Waals surface area contributed by atoms with E-state index in [0.717, 1.165) is 12.8 Å². The second-order valence-electron chi connectivity index (χ2n) is 8.44. The maximum absolute atomic E-state index is 11.1. The van der Waals surface area contributed by atoms with E-state index in [9.17, 15) is 4.79 Å². The van der Waals surface area contributed by atoms with Gasteiger partial charge in [0.2, 0.25) is 0 Å². The Morgan fingerprint density at radius 1 is 0.593 bits per heavy atom. The summed E-state index contributed by atoms with van der Waals surface area (Å²) in [6.45, 7) is 4.50. The quantitative estimate of drug-likeness (QED) is 0.195. The molecule has 0 fully saturated rings. The molecule has 27 heavy (non-hydrogen) atoms. The van der Waals surface area contributed by atoms with Crippen molar-refractivity contribution in [2.75, 3.05) is 0 Å². The van der Waals surface area contributed by atoms with Gasteiger partial charge in [-0.3, -0.25) is 0 Å². The first kappa shape index (κ1) is 26.3. The number of nitrogens with two attached hydrogens (primary N) is 1. The molecule has 162 valence electrons. The molecule has 0 aliphatic carbocycles. The van der Waals surface area contributed by atoms with Gasteiger partial charge in [0.05, 0.1) is 0 Å². The standard InChI is InChI=1S/C24H50N2O/c1-3-5-7-8-9-10-11-12-13-14-15-16-17-18-20-22-23(26-24(25)27)21-19-6-4-2/h23H,3-22H2,1-2H3,(H3,25,26,27). The third-order valence-electron chi connectivity index (χ3n) is 5.66. The third kappa shape index (κ3) is 21.4. The first-order chi connectivity index (χ1) is 13.2. The van der Waals surface area contributed by atoms with Gasteiger partial charge in [-0.25, -0.2) is 4.79 Å².